The predicted molar refractivity (Wildman–Crippen MR) is 84.9 cm³/mol. The fourth-order valence-corrected chi connectivity index (χ4v) is 2.02. The van der Waals surface area contributed by atoms with Gasteiger partial charge in [-0.2, -0.15) is 0 Å². The molecule has 8 nitrogen and oxygen atoms in total. The summed E-state index contributed by atoms with van der Waals surface area (Å²) in [5.41, 5.74) is 0.519. The monoisotopic (exact) mass is 336 g/mol. The van der Waals surface area contributed by atoms with Gasteiger partial charge in [-0.05, 0) is 19.1 Å². The molecular weight excluding hydrogens is 316 g/mol. The molecule has 1 aromatic rings. The van der Waals surface area contributed by atoms with Gasteiger partial charge in [-0.25, -0.2) is 0 Å². The Morgan fingerprint density at radius 1 is 1.21 bits per heavy atom. The van der Waals surface area contributed by atoms with Gasteiger partial charge in [0.25, 0.3) is 5.91 Å². The molecule has 0 saturated heterocycles. The normalized spacial score (nSPS) is 13.6. The predicted octanol–water partition coefficient (Wildman–Crippen LogP) is 0.854. The Balaban J connectivity index is 1.83. The molecule has 1 aliphatic rings. The first kappa shape index (κ1) is 17.6. The zero-order valence-corrected chi connectivity index (χ0v) is 13.6. The average molecular weight is 336 g/mol. The molecule has 2 N–H and O–H groups in total. The third-order valence-electron chi connectivity index (χ3n) is 3.19. The van der Waals surface area contributed by atoms with Crippen molar-refractivity contribution in [3.8, 4) is 11.5 Å². The van der Waals surface area contributed by atoms with Crippen molar-refractivity contribution in [3.05, 3.63) is 18.2 Å². The van der Waals surface area contributed by atoms with Gasteiger partial charge in [0.15, 0.2) is 17.6 Å². The van der Waals surface area contributed by atoms with Crippen LogP contribution in [-0.4, -0.2) is 43.6 Å². The largest absolute Gasteiger partial charge is 0.486 e. The van der Waals surface area contributed by atoms with E-state index in [1.165, 1.54) is 13.8 Å². The summed E-state index contributed by atoms with van der Waals surface area (Å²) in [6, 6.07) is 5.03. The van der Waals surface area contributed by atoms with E-state index < -0.39 is 18.0 Å². The topological polar surface area (TPSA) is 103 Å². The summed E-state index contributed by atoms with van der Waals surface area (Å²) >= 11 is 0. The number of rotatable bonds is 6. The summed E-state index contributed by atoms with van der Waals surface area (Å²) in [5.74, 6) is -0.0731. The van der Waals surface area contributed by atoms with Gasteiger partial charge in [-0.15, -0.1) is 0 Å². The molecule has 0 spiro atoms. The molecule has 1 heterocycles. The van der Waals surface area contributed by atoms with Crippen LogP contribution in [0.4, 0.5) is 5.69 Å². The molecule has 1 aromatic carbocycles. The highest BCUT2D eigenvalue weighted by Gasteiger charge is 2.19. The smallest absolute Gasteiger partial charge is 0.308 e. The van der Waals surface area contributed by atoms with Gasteiger partial charge >= 0.3 is 5.97 Å². The first-order valence-electron chi connectivity index (χ1n) is 7.60. The number of fused-ring (bicyclic) bond motifs is 1. The standard InChI is InChI=1S/C16H20N2O6/c1-10(24-15(20)5-6-17-11(2)19)16(21)18-12-3-4-13-14(9-12)23-8-7-22-13/h3-4,9-10H,5-8H2,1-2H3,(H,17,19)(H,18,21)/t10-/m1/s1. The van der Waals surface area contributed by atoms with E-state index in [1.807, 2.05) is 0 Å². The summed E-state index contributed by atoms with van der Waals surface area (Å²) in [6.07, 6.45) is -0.954. The van der Waals surface area contributed by atoms with Gasteiger partial charge in [0.05, 0.1) is 6.42 Å². The van der Waals surface area contributed by atoms with Gasteiger partial charge in [0.1, 0.15) is 13.2 Å². The second-order valence-electron chi connectivity index (χ2n) is 5.21. The Kier molecular flexibility index (Phi) is 6.00. The van der Waals surface area contributed by atoms with Gasteiger partial charge in [0, 0.05) is 25.2 Å². The van der Waals surface area contributed by atoms with Crippen molar-refractivity contribution in [1.29, 1.82) is 0 Å². The zero-order chi connectivity index (χ0) is 17.5. The lowest BCUT2D eigenvalue weighted by atomic mass is 10.2. The molecule has 1 aliphatic heterocycles. The number of carbonyl (C=O) groups is 3. The molecule has 0 fully saturated rings. The van der Waals surface area contributed by atoms with Crippen LogP contribution in [0.25, 0.3) is 0 Å². The second kappa shape index (κ2) is 8.19. The molecule has 8 heteroatoms. The first-order chi connectivity index (χ1) is 11.5. The van der Waals surface area contributed by atoms with E-state index in [4.69, 9.17) is 14.2 Å². The number of benzene rings is 1. The lowest BCUT2D eigenvalue weighted by molar-refractivity contribution is -0.153. The van der Waals surface area contributed by atoms with Crippen LogP contribution in [0.3, 0.4) is 0 Å². The SMILES string of the molecule is CC(=O)NCCC(=O)O[C@H](C)C(=O)Nc1ccc2c(c1)OCCO2. The molecule has 0 radical (unpaired) electrons. The Morgan fingerprint density at radius 2 is 1.92 bits per heavy atom. The Morgan fingerprint density at radius 3 is 2.62 bits per heavy atom. The van der Waals surface area contributed by atoms with Crippen molar-refractivity contribution in [3.63, 3.8) is 0 Å². The van der Waals surface area contributed by atoms with Gasteiger partial charge < -0.3 is 24.8 Å². The molecule has 0 saturated carbocycles. The van der Waals surface area contributed by atoms with Gasteiger partial charge in [-0.3, -0.25) is 14.4 Å². The van der Waals surface area contributed by atoms with Gasteiger partial charge in [0.2, 0.25) is 5.91 Å². The molecule has 24 heavy (non-hydrogen) atoms. The van der Waals surface area contributed by atoms with Crippen molar-refractivity contribution in [2.75, 3.05) is 25.1 Å². The highest BCUT2D eigenvalue weighted by molar-refractivity contribution is 5.95. The number of amides is 2. The average Bonchev–Trinajstić information content (AvgIpc) is 2.54. The summed E-state index contributed by atoms with van der Waals surface area (Å²) in [5, 5.41) is 5.13. The summed E-state index contributed by atoms with van der Waals surface area (Å²) in [6.45, 7) is 3.94. The molecule has 2 rings (SSSR count). The van der Waals surface area contributed by atoms with Crippen LogP contribution in [0.5, 0.6) is 11.5 Å². The van der Waals surface area contributed by atoms with Crippen molar-refractivity contribution in [1.82, 2.24) is 5.32 Å². The van der Waals surface area contributed by atoms with Crippen LogP contribution in [0, 0.1) is 0 Å². The van der Waals surface area contributed by atoms with Crippen LogP contribution in [-0.2, 0) is 19.1 Å². The quantitative estimate of drug-likeness (QED) is 0.747. The minimum absolute atomic E-state index is 0.00121. The third kappa shape index (κ3) is 5.15. The Labute approximate surface area is 139 Å². The number of esters is 1. The highest BCUT2D eigenvalue weighted by Crippen LogP contribution is 2.32. The fraction of sp³-hybridized carbons (Fsp3) is 0.438. The number of ether oxygens (including phenoxy) is 3. The van der Waals surface area contributed by atoms with Crippen LogP contribution < -0.4 is 20.1 Å². The van der Waals surface area contributed by atoms with E-state index in [-0.39, 0.29) is 18.9 Å². The van der Waals surface area contributed by atoms with E-state index in [0.717, 1.165) is 0 Å². The van der Waals surface area contributed by atoms with E-state index in [2.05, 4.69) is 10.6 Å². The lowest BCUT2D eigenvalue weighted by Gasteiger charge is -2.19. The zero-order valence-electron chi connectivity index (χ0n) is 13.6. The number of hydrogen-bond donors (Lipinski definition) is 2. The maximum absolute atomic E-state index is 12.1. The molecule has 0 aromatic heterocycles. The number of nitrogens with one attached hydrogen (secondary N) is 2. The van der Waals surface area contributed by atoms with E-state index in [1.54, 1.807) is 18.2 Å². The van der Waals surface area contributed by atoms with Crippen LogP contribution in [0.15, 0.2) is 18.2 Å². The van der Waals surface area contributed by atoms with E-state index in [0.29, 0.717) is 30.4 Å². The molecule has 1 atom stereocenters. The second-order valence-corrected chi connectivity index (χ2v) is 5.21. The number of anilines is 1. The van der Waals surface area contributed by atoms with Crippen molar-refractivity contribution in [2.45, 2.75) is 26.4 Å². The van der Waals surface area contributed by atoms with Crippen molar-refractivity contribution >= 4 is 23.5 Å². The number of hydrogen-bond acceptors (Lipinski definition) is 6. The van der Waals surface area contributed by atoms with E-state index >= 15 is 0 Å². The van der Waals surface area contributed by atoms with Crippen LogP contribution in [0.1, 0.15) is 20.3 Å². The minimum Gasteiger partial charge on any atom is -0.486 e. The number of carbonyl (C=O) groups excluding carboxylic acids is 3. The first-order valence-corrected chi connectivity index (χ1v) is 7.60. The minimum atomic E-state index is -0.956. The van der Waals surface area contributed by atoms with Crippen LogP contribution in [0.2, 0.25) is 0 Å². The van der Waals surface area contributed by atoms with Gasteiger partial charge in [-0.1, -0.05) is 0 Å². The Hall–Kier alpha value is -2.77. The van der Waals surface area contributed by atoms with Crippen molar-refractivity contribution < 1.29 is 28.6 Å². The summed E-state index contributed by atoms with van der Waals surface area (Å²) in [4.78, 5) is 34.4. The fourth-order valence-electron chi connectivity index (χ4n) is 2.02. The highest BCUT2D eigenvalue weighted by atomic mass is 16.6. The molecule has 0 aliphatic carbocycles. The van der Waals surface area contributed by atoms with Crippen LogP contribution >= 0.6 is 0 Å². The molecular formula is C16H20N2O6. The summed E-state index contributed by atoms with van der Waals surface area (Å²) < 4.78 is 15.9. The maximum Gasteiger partial charge on any atom is 0.308 e. The Bertz CT molecular complexity index is 631. The van der Waals surface area contributed by atoms with E-state index in [9.17, 15) is 14.4 Å². The maximum atomic E-state index is 12.1. The third-order valence-corrected chi connectivity index (χ3v) is 3.19. The van der Waals surface area contributed by atoms with Crippen molar-refractivity contribution in [2.24, 2.45) is 0 Å². The molecule has 2 amide bonds. The molecule has 0 unspecified atom stereocenters. The molecule has 0 bridgehead atoms. The summed E-state index contributed by atoms with van der Waals surface area (Å²) in [7, 11) is 0. The molecule has 130 valence electrons. The lowest BCUT2D eigenvalue weighted by Crippen LogP contribution is -2.31.